The Hall–Kier alpha value is -1.32. The third-order valence-electron chi connectivity index (χ3n) is 3.71. The van der Waals surface area contributed by atoms with Gasteiger partial charge in [-0.2, -0.15) is 0 Å². The maximum Gasteiger partial charge on any atom is 0.122 e. The lowest BCUT2D eigenvalue weighted by atomic mass is 9.87. The summed E-state index contributed by atoms with van der Waals surface area (Å²) in [7, 11) is 0. The molecule has 19 heavy (non-hydrogen) atoms. The van der Waals surface area contributed by atoms with Crippen LogP contribution in [0.25, 0.3) is 0 Å². The SMILES string of the molecule is NC(Cc1cccs1)CC1CCOc2ccccc21. The van der Waals surface area contributed by atoms with E-state index in [2.05, 4.69) is 35.7 Å². The third kappa shape index (κ3) is 2.99. The van der Waals surface area contributed by atoms with E-state index in [0.29, 0.717) is 5.92 Å². The number of rotatable bonds is 4. The Balaban J connectivity index is 1.67. The van der Waals surface area contributed by atoms with E-state index in [4.69, 9.17) is 10.5 Å². The van der Waals surface area contributed by atoms with Crippen molar-refractivity contribution in [3.05, 3.63) is 52.2 Å². The molecule has 1 aliphatic rings. The third-order valence-corrected chi connectivity index (χ3v) is 4.61. The van der Waals surface area contributed by atoms with Gasteiger partial charge in [-0.05, 0) is 48.3 Å². The lowest BCUT2D eigenvalue weighted by Gasteiger charge is -2.27. The minimum absolute atomic E-state index is 0.231. The predicted molar refractivity (Wildman–Crippen MR) is 79.9 cm³/mol. The van der Waals surface area contributed by atoms with Crippen LogP contribution in [0, 0.1) is 0 Å². The fraction of sp³-hybridized carbons (Fsp3) is 0.375. The molecule has 0 fully saturated rings. The van der Waals surface area contributed by atoms with Gasteiger partial charge in [0.25, 0.3) is 0 Å². The van der Waals surface area contributed by atoms with Gasteiger partial charge >= 0.3 is 0 Å². The van der Waals surface area contributed by atoms with Gasteiger partial charge in [-0.3, -0.25) is 0 Å². The maximum atomic E-state index is 6.32. The average Bonchev–Trinajstić information content (AvgIpc) is 2.92. The Morgan fingerprint density at radius 2 is 2.16 bits per heavy atom. The first-order valence-corrected chi connectivity index (χ1v) is 7.70. The number of nitrogens with two attached hydrogens (primary N) is 1. The van der Waals surface area contributed by atoms with Crippen molar-refractivity contribution >= 4 is 11.3 Å². The Labute approximate surface area is 118 Å². The quantitative estimate of drug-likeness (QED) is 0.924. The van der Waals surface area contributed by atoms with Crippen molar-refractivity contribution in [2.45, 2.75) is 31.2 Å². The largest absolute Gasteiger partial charge is 0.493 e. The monoisotopic (exact) mass is 273 g/mol. The second kappa shape index (κ2) is 5.76. The first kappa shape index (κ1) is 12.7. The van der Waals surface area contributed by atoms with Gasteiger partial charge in [-0.15, -0.1) is 11.3 Å². The van der Waals surface area contributed by atoms with Gasteiger partial charge in [-0.1, -0.05) is 24.3 Å². The molecule has 2 N–H and O–H groups in total. The number of ether oxygens (including phenoxy) is 1. The first-order chi connectivity index (χ1) is 9.33. The van der Waals surface area contributed by atoms with E-state index in [1.165, 1.54) is 10.4 Å². The zero-order valence-electron chi connectivity index (χ0n) is 10.9. The number of fused-ring (bicyclic) bond motifs is 1. The molecule has 3 rings (SSSR count). The molecule has 0 aliphatic carbocycles. The number of thiophene rings is 1. The molecule has 0 amide bonds. The number of hydrogen-bond donors (Lipinski definition) is 1. The second-order valence-electron chi connectivity index (χ2n) is 5.15. The molecule has 100 valence electrons. The van der Waals surface area contributed by atoms with E-state index in [9.17, 15) is 0 Å². The standard InChI is InChI=1S/C16H19NOS/c17-13(11-14-4-3-9-19-14)10-12-7-8-18-16-6-2-1-5-15(12)16/h1-6,9,12-13H,7-8,10-11,17H2. The molecule has 0 saturated heterocycles. The zero-order valence-corrected chi connectivity index (χ0v) is 11.7. The predicted octanol–water partition coefficient (Wildman–Crippen LogP) is 3.57. The van der Waals surface area contributed by atoms with Crippen molar-refractivity contribution in [2.75, 3.05) is 6.61 Å². The smallest absolute Gasteiger partial charge is 0.122 e. The normalized spacial score (nSPS) is 19.5. The summed E-state index contributed by atoms with van der Waals surface area (Å²) >= 11 is 1.79. The minimum atomic E-state index is 0.231. The Bertz CT molecular complexity index is 523. The van der Waals surface area contributed by atoms with Crippen molar-refractivity contribution in [1.29, 1.82) is 0 Å². The second-order valence-corrected chi connectivity index (χ2v) is 6.18. The molecule has 0 spiro atoms. The van der Waals surface area contributed by atoms with Crippen LogP contribution in [0.1, 0.15) is 29.2 Å². The van der Waals surface area contributed by atoms with E-state index < -0.39 is 0 Å². The van der Waals surface area contributed by atoms with Crippen LogP contribution in [0.5, 0.6) is 5.75 Å². The van der Waals surface area contributed by atoms with Crippen molar-refractivity contribution in [3.63, 3.8) is 0 Å². The summed E-state index contributed by atoms with van der Waals surface area (Å²) in [5.74, 6) is 1.59. The van der Waals surface area contributed by atoms with Gasteiger partial charge in [0.2, 0.25) is 0 Å². The topological polar surface area (TPSA) is 35.2 Å². The summed E-state index contributed by atoms with van der Waals surface area (Å²) in [6.07, 6.45) is 3.10. The molecular weight excluding hydrogens is 254 g/mol. The molecule has 0 bridgehead atoms. The summed E-state index contributed by atoms with van der Waals surface area (Å²) < 4.78 is 5.70. The van der Waals surface area contributed by atoms with Gasteiger partial charge in [-0.25, -0.2) is 0 Å². The van der Waals surface area contributed by atoms with Gasteiger partial charge < -0.3 is 10.5 Å². The van der Waals surface area contributed by atoms with E-state index in [1.807, 2.05) is 6.07 Å². The van der Waals surface area contributed by atoms with Crippen LogP contribution in [0.4, 0.5) is 0 Å². The van der Waals surface area contributed by atoms with Crippen LogP contribution >= 0.6 is 11.3 Å². The summed E-state index contributed by atoms with van der Waals surface area (Å²) in [5, 5.41) is 2.12. The van der Waals surface area contributed by atoms with Gasteiger partial charge in [0.05, 0.1) is 6.61 Å². The summed E-state index contributed by atoms with van der Waals surface area (Å²) in [5.41, 5.74) is 7.65. The van der Waals surface area contributed by atoms with E-state index in [-0.39, 0.29) is 6.04 Å². The zero-order chi connectivity index (χ0) is 13.1. The number of benzene rings is 1. The Morgan fingerprint density at radius 1 is 1.26 bits per heavy atom. The highest BCUT2D eigenvalue weighted by Crippen LogP contribution is 2.36. The van der Waals surface area contributed by atoms with Gasteiger partial charge in [0.1, 0.15) is 5.75 Å². The molecule has 1 aliphatic heterocycles. The highest BCUT2D eigenvalue weighted by atomic mass is 32.1. The van der Waals surface area contributed by atoms with Crippen molar-refractivity contribution in [3.8, 4) is 5.75 Å². The van der Waals surface area contributed by atoms with Crippen LogP contribution in [0.3, 0.4) is 0 Å². The molecule has 1 aromatic heterocycles. The van der Waals surface area contributed by atoms with Gasteiger partial charge in [0, 0.05) is 10.9 Å². The average molecular weight is 273 g/mol. The van der Waals surface area contributed by atoms with Crippen LogP contribution < -0.4 is 10.5 Å². The Kier molecular flexibility index (Phi) is 3.85. The van der Waals surface area contributed by atoms with Crippen molar-refractivity contribution in [1.82, 2.24) is 0 Å². The molecule has 2 unspecified atom stereocenters. The summed E-state index contributed by atoms with van der Waals surface area (Å²) in [6, 6.07) is 12.9. The fourth-order valence-corrected chi connectivity index (χ4v) is 3.60. The molecule has 0 radical (unpaired) electrons. The lowest BCUT2D eigenvalue weighted by Crippen LogP contribution is -2.27. The maximum absolute atomic E-state index is 6.32. The van der Waals surface area contributed by atoms with Crippen LogP contribution in [-0.4, -0.2) is 12.6 Å². The summed E-state index contributed by atoms with van der Waals surface area (Å²) in [6.45, 7) is 0.813. The molecule has 2 aromatic rings. The van der Waals surface area contributed by atoms with Crippen molar-refractivity contribution in [2.24, 2.45) is 5.73 Å². The number of hydrogen-bond acceptors (Lipinski definition) is 3. The first-order valence-electron chi connectivity index (χ1n) is 6.82. The Morgan fingerprint density at radius 3 is 3.00 bits per heavy atom. The van der Waals surface area contributed by atoms with Crippen molar-refractivity contribution < 1.29 is 4.74 Å². The fourth-order valence-electron chi connectivity index (χ4n) is 2.80. The highest BCUT2D eigenvalue weighted by molar-refractivity contribution is 7.09. The molecule has 1 aromatic carbocycles. The molecular formula is C16H19NOS. The molecule has 0 saturated carbocycles. The van der Waals surface area contributed by atoms with Crippen LogP contribution in [0.2, 0.25) is 0 Å². The molecule has 2 nitrogen and oxygen atoms in total. The lowest BCUT2D eigenvalue weighted by molar-refractivity contribution is 0.259. The van der Waals surface area contributed by atoms with E-state index in [1.54, 1.807) is 11.3 Å². The van der Waals surface area contributed by atoms with Gasteiger partial charge in [0.15, 0.2) is 0 Å². The molecule has 3 heteroatoms. The van der Waals surface area contributed by atoms with E-state index >= 15 is 0 Å². The molecule has 2 heterocycles. The minimum Gasteiger partial charge on any atom is -0.493 e. The summed E-state index contributed by atoms with van der Waals surface area (Å²) in [4.78, 5) is 1.38. The highest BCUT2D eigenvalue weighted by Gasteiger charge is 2.23. The van der Waals surface area contributed by atoms with Crippen LogP contribution in [-0.2, 0) is 6.42 Å². The van der Waals surface area contributed by atoms with E-state index in [0.717, 1.165) is 31.6 Å². The molecule has 2 atom stereocenters. The number of para-hydroxylation sites is 1. The van der Waals surface area contributed by atoms with Crippen LogP contribution in [0.15, 0.2) is 41.8 Å².